The summed E-state index contributed by atoms with van der Waals surface area (Å²) in [6.07, 6.45) is 18.2. The lowest BCUT2D eigenvalue weighted by atomic mass is 10.3. The van der Waals surface area contributed by atoms with Crippen LogP contribution in [0.15, 0.2) is 117 Å². The molecule has 10 aromatic rings. The van der Waals surface area contributed by atoms with E-state index in [1.54, 1.807) is 134 Å². The predicted molar refractivity (Wildman–Crippen MR) is 396 cm³/mol. The summed E-state index contributed by atoms with van der Waals surface area (Å²) in [6.45, 7) is 1.71. The van der Waals surface area contributed by atoms with E-state index in [1.165, 1.54) is 104 Å². The van der Waals surface area contributed by atoms with Crippen molar-refractivity contribution in [1.29, 1.82) is 0 Å². The second-order valence-corrected chi connectivity index (χ2v) is 25.9. The zero-order valence-corrected chi connectivity index (χ0v) is 60.9. The summed E-state index contributed by atoms with van der Waals surface area (Å²) in [5, 5.41) is 33.2. The van der Waals surface area contributed by atoms with Crippen LogP contribution in [0.1, 0.15) is 131 Å². The van der Waals surface area contributed by atoms with Crippen molar-refractivity contribution in [2.45, 2.75) is 25.7 Å². The maximum atomic E-state index is 13.6. The van der Waals surface area contributed by atoms with E-state index in [1.807, 2.05) is 14.1 Å². The molecule has 13 N–H and O–H groups in total. The standard InChI is InChI=1S/C70H83N25O12/c1-85(2)21-14-18-71-57(96)16-19-74-62(99)49-24-41(32-88(49)5)76-64(101)51-26-43(34-90(51)7)78-66(103)53-28-45(36-92(53)9)80-68(105)55-30-47(38-94(55)11)82-70(107)60-84-56(39-95(60)12)83-58(97)15-13-17-73-61(98)48-23-40(31-87(48)4)75-63(100)50-25-42(33-89(50)6)77-65(102)52-27-44(35-91(52)8)79-67(104)54-29-46(37-93(54)10)81-69(106)59-72-20-22-86(59)3/h20,22-39H,13-19,21H2,1-12H3,(H,71,96)(H,73,98)(H,74,99)(H,75,100)(H,76,101)(H,77,102)(H,78,103)(H,79,104)(H,80,105)(H,81,106)(H,82,107)(H,83,97)/p+1. The molecule has 0 aromatic carbocycles. The lowest BCUT2D eigenvalue weighted by Gasteiger charge is -2.09. The number of nitrogens with one attached hydrogen (secondary N) is 13. The van der Waals surface area contributed by atoms with E-state index in [0.717, 1.165) is 13.0 Å². The van der Waals surface area contributed by atoms with Gasteiger partial charge in [-0.05, 0) is 55.0 Å². The molecule has 0 radical (unpaired) electrons. The van der Waals surface area contributed by atoms with Crippen LogP contribution in [0.4, 0.5) is 51.3 Å². The lowest BCUT2D eigenvalue weighted by Crippen LogP contribution is -3.05. The topological polar surface area (TPSA) is 429 Å². The van der Waals surface area contributed by atoms with Gasteiger partial charge in [-0.3, -0.25) is 57.5 Å². The van der Waals surface area contributed by atoms with Crippen molar-refractivity contribution in [1.82, 2.24) is 71.6 Å². The van der Waals surface area contributed by atoms with Gasteiger partial charge in [0.15, 0.2) is 11.6 Å². The number of quaternary nitrogens is 1. The number of amides is 12. The Bertz CT molecular complexity index is 5120. The van der Waals surface area contributed by atoms with Crippen molar-refractivity contribution >= 4 is 122 Å². The summed E-state index contributed by atoms with van der Waals surface area (Å²) >= 11 is 0. The minimum absolute atomic E-state index is 0.0268. The smallest absolute Gasteiger partial charge is 0.291 e. The first-order chi connectivity index (χ1) is 50.8. The number of carbonyl (C=O) groups is 12. The van der Waals surface area contributed by atoms with Crippen LogP contribution >= 0.6 is 0 Å². The molecule has 0 aliphatic heterocycles. The molecule has 0 aliphatic carbocycles. The second kappa shape index (κ2) is 32.7. The average Bonchev–Trinajstić information content (AvgIpc) is 1.96. The van der Waals surface area contributed by atoms with Gasteiger partial charge >= 0.3 is 0 Å². The first-order valence-corrected chi connectivity index (χ1v) is 33.6. The first kappa shape index (κ1) is 75.9. The van der Waals surface area contributed by atoms with Crippen LogP contribution in [0, 0.1) is 0 Å². The maximum Gasteiger partial charge on any atom is 0.291 e. The number of hydrogen-bond acceptors (Lipinski definition) is 14. The molecule has 37 heteroatoms. The Kier molecular flexibility index (Phi) is 23.2. The van der Waals surface area contributed by atoms with Crippen molar-refractivity contribution in [2.75, 3.05) is 88.1 Å². The fourth-order valence-electron chi connectivity index (χ4n) is 11.6. The lowest BCUT2D eigenvalue weighted by molar-refractivity contribution is -0.858. The highest BCUT2D eigenvalue weighted by Gasteiger charge is 2.26. The summed E-state index contributed by atoms with van der Waals surface area (Å²) in [5.41, 5.74) is 4.10. The minimum Gasteiger partial charge on any atom is -0.356 e. The van der Waals surface area contributed by atoms with E-state index >= 15 is 0 Å². The molecule has 0 saturated carbocycles. The largest absolute Gasteiger partial charge is 0.356 e. The second-order valence-electron chi connectivity index (χ2n) is 25.9. The summed E-state index contributed by atoms with van der Waals surface area (Å²) in [6, 6.07) is 11.9. The normalized spacial score (nSPS) is 11.1. The number of aromatic nitrogens is 12. The third-order valence-corrected chi connectivity index (χ3v) is 17.0. The van der Waals surface area contributed by atoms with Gasteiger partial charge in [0.05, 0.1) is 66.1 Å². The van der Waals surface area contributed by atoms with Gasteiger partial charge in [0.25, 0.3) is 59.1 Å². The summed E-state index contributed by atoms with van der Waals surface area (Å²) in [5.74, 6) is -5.55. The molecule has 107 heavy (non-hydrogen) atoms. The molecule has 37 nitrogen and oxygen atoms in total. The number of imidazole rings is 2. The van der Waals surface area contributed by atoms with Crippen LogP contribution in [0.3, 0.4) is 0 Å². The third-order valence-electron chi connectivity index (χ3n) is 17.0. The van der Waals surface area contributed by atoms with Gasteiger partial charge in [0, 0.05) is 178 Å². The van der Waals surface area contributed by atoms with Crippen LogP contribution in [0.25, 0.3) is 0 Å². The number of rotatable bonds is 30. The van der Waals surface area contributed by atoms with E-state index < -0.39 is 65.0 Å². The van der Waals surface area contributed by atoms with Crippen LogP contribution in [-0.2, 0) is 80.1 Å². The third kappa shape index (κ3) is 18.7. The van der Waals surface area contributed by atoms with Crippen LogP contribution in [0.2, 0.25) is 0 Å². The van der Waals surface area contributed by atoms with Gasteiger partial charge in [-0.25, -0.2) is 9.97 Å². The van der Waals surface area contributed by atoms with E-state index in [0.29, 0.717) is 40.7 Å². The molecule has 12 amide bonds. The number of hydrogen-bond donors (Lipinski definition) is 13. The average molecular weight is 1470 g/mol. The fourth-order valence-corrected chi connectivity index (χ4v) is 11.6. The zero-order valence-electron chi connectivity index (χ0n) is 60.9. The minimum atomic E-state index is -0.649. The predicted octanol–water partition coefficient (Wildman–Crippen LogP) is 2.80. The molecule has 560 valence electrons. The number of carbonyl (C=O) groups excluding carboxylic acids is 12. The Balaban J connectivity index is 0.631. The van der Waals surface area contributed by atoms with Crippen LogP contribution < -0.4 is 68.7 Å². The van der Waals surface area contributed by atoms with Gasteiger partial charge in [-0.15, -0.1) is 0 Å². The molecule has 10 rings (SSSR count). The monoisotopic (exact) mass is 1470 g/mol. The molecule has 0 bridgehead atoms. The SMILES string of the molecule is Cn1cc(NC(=O)c2cc(NC(=O)c3cc(NC(=O)c4cc(NC(=O)c5nccn5C)cn4C)cn3C)cn2C)cc1C(=O)NCCCC(=O)Nc1cn(C)c(C(=O)Nc2cc(C(=O)Nc3cc(C(=O)Nc4cc(C(=O)Nc5cc(C(=O)NCCC(=O)NCCC[NH+](C)C)n(C)c5)n(C)c4)n(C)c3)n(C)c2)n1. The van der Waals surface area contributed by atoms with Gasteiger partial charge in [0.1, 0.15) is 45.6 Å². The Morgan fingerprint density at radius 3 is 0.925 bits per heavy atom. The van der Waals surface area contributed by atoms with Crippen molar-refractivity contribution in [2.24, 2.45) is 70.5 Å². The van der Waals surface area contributed by atoms with Gasteiger partial charge in [0.2, 0.25) is 17.6 Å². The van der Waals surface area contributed by atoms with E-state index in [2.05, 4.69) is 73.8 Å². The van der Waals surface area contributed by atoms with Crippen molar-refractivity contribution in [3.8, 4) is 0 Å². The Morgan fingerprint density at radius 1 is 0.308 bits per heavy atom. The molecular weight excluding hydrogens is 1380 g/mol. The van der Waals surface area contributed by atoms with Gasteiger partial charge in [-0.1, -0.05) is 0 Å². The number of nitrogens with zero attached hydrogens (tertiary/aromatic N) is 12. The molecule has 0 saturated heterocycles. The van der Waals surface area contributed by atoms with Crippen LogP contribution in [-0.4, -0.2) is 167 Å². The van der Waals surface area contributed by atoms with Crippen LogP contribution in [0.5, 0.6) is 0 Å². The van der Waals surface area contributed by atoms with Crippen molar-refractivity contribution in [3.05, 3.63) is 174 Å². The summed E-state index contributed by atoms with van der Waals surface area (Å²) in [7, 11) is 20.4. The molecular formula is C70H84N25O12+. The zero-order chi connectivity index (χ0) is 77.2. The summed E-state index contributed by atoms with van der Waals surface area (Å²) in [4.78, 5) is 168. The molecule has 0 unspecified atom stereocenters. The fraction of sp³-hybridized carbons (Fsp3) is 0.286. The highest BCUT2D eigenvalue weighted by Crippen LogP contribution is 2.25. The Labute approximate surface area is 612 Å². The number of anilines is 9. The molecule has 0 fully saturated rings. The Morgan fingerprint density at radius 2 is 0.607 bits per heavy atom. The summed E-state index contributed by atoms with van der Waals surface area (Å²) < 4.78 is 15.2. The van der Waals surface area contributed by atoms with Gasteiger partial charge < -0.3 is 114 Å². The molecule has 10 aromatic heterocycles. The van der Waals surface area contributed by atoms with E-state index in [4.69, 9.17) is 0 Å². The van der Waals surface area contributed by atoms with E-state index in [-0.39, 0.29) is 113 Å². The first-order valence-electron chi connectivity index (χ1n) is 33.6. The quantitative estimate of drug-likeness (QED) is 0.0288. The molecule has 10 heterocycles. The highest BCUT2D eigenvalue weighted by molar-refractivity contribution is 6.12. The molecule has 0 aliphatic rings. The van der Waals surface area contributed by atoms with Crippen molar-refractivity contribution < 1.29 is 62.4 Å². The molecule has 0 atom stereocenters. The number of aryl methyl sites for hydroxylation is 10. The van der Waals surface area contributed by atoms with Gasteiger partial charge in [-0.2, -0.15) is 0 Å². The highest BCUT2D eigenvalue weighted by atomic mass is 16.2. The maximum absolute atomic E-state index is 13.6. The van der Waals surface area contributed by atoms with E-state index in [9.17, 15) is 57.5 Å². The Hall–Kier alpha value is -13.7. The molecule has 0 spiro atoms. The van der Waals surface area contributed by atoms with Crippen molar-refractivity contribution in [3.63, 3.8) is 0 Å².